The molecule has 3 rings (SSSR count). The molecule has 1 aliphatic heterocycles. The highest BCUT2D eigenvalue weighted by Gasteiger charge is 2.17. The molecule has 0 saturated carbocycles. The van der Waals surface area contributed by atoms with Crippen LogP contribution in [0.1, 0.15) is 19.8 Å². The largest absolute Gasteiger partial charge is 0.490 e. The molecule has 2 aromatic carbocycles. The molecular weight excluding hydrogens is 340 g/mol. The summed E-state index contributed by atoms with van der Waals surface area (Å²) in [6, 6.07) is 17.1. The number of para-hydroxylation sites is 1. The molecule has 1 N–H and O–H groups in total. The van der Waals surface area contributed by atoms with E-state index in [9.17, 15) is 4.79 Å². The van der Waals surface area contributed by atoms with Gasteiger partial charge in [0.2, 0.25) is 5.91 Å². The van der Waals surface area contributed by atoms with Crippen LogP contribution < -0.4 is 14.8 Å². The van der Waals surface area contributed by atoms with E-state index < -0.39 is 0 Å². The van der Waals surface area contributed by atoms with Crippen LogP contribution in [-0.4, -0.2) is 43.7 Å². The maximum Gasteiger partial charge on any atom is 0.238 e. The van der Waals surface area contributed by atoms with Crippen molar-refractivity contribution in [3.8, 4) is 11.5 Å². The number of nitrogens with one attached hydrogen (secondary N) is 1. The SMILES string of the molecule is CC1CCN(CC(=O)Nc2cccc(OCCOc3ccccc3)c2)CC1. The number of anilines is 1. The molecule has 0 atom stereocenters. The lowest BCUT2D eigenvalue weighted by Gasteiger charge is -2.29. The highest BCUT2D eigenvalue weighted by molar-refractivity contribution is 5.92. The smallest absolute Gasteiger partial charge is 0.238 e. The van der Waals surface area contributed by atoms with Crippen molar-refractivity contribution in [2.45, 2.75) is 19.8 Å². The van der Waals surface area contributed by atoms with Crippen molar-refractivity contribution in [2.24, 2.45) is 5.92 Å². The van der Waals surface area contributed by atoms with Crippen molar-refractivity contribution in [1.29, 1.82) is 0 Å². The van der Waals surface area contributed by atoms with Crippen LogP contribution in [0.3, 0.4) is 0 Å². The van der Waals surface area contributed by atoms with Gasteiger partial charge >= 0.3 is 0 Å². The summed E-state index contributed by atoms with van der Waals surface area (Å²) in [4.78, 5) is 14.5. The first-order valence-electron chi connectivity index (χ1n) is 9.62. The predicted octanol–water partition coefficient (Wildman–Crippen LogP) is 3.81. The van der Waals surface area contributed by atoms with Gasteiger partial charge in [0, 0.05) is 11.8 Å². The molecular formula is C22H28N2O3. The van der Waals surface area contributed by atoms with Crippen LogP contribution in [0, 0.1) is 5.92 Å². The van der Waals surface area contributed by atoms with Crippen LogP contribution in [0.4, 0.5) is 5.69 Å². The van der Waals surface area contributed by atoms with Crippen LogP contribution >= 0.6 is 0 Å². The molecule has 1 fully saturated rings. The van der Waals surface area contributed by atoms with Gasteiger partial charge < -0.3 is 14.8 Å². The Morgan fingerprint density at radius 2 is 1.67 bits per heavy atom. The number of rotatable bonds is 8. The van der Waals surface area contributed by atoms with Crippen LogP contribution in [0.15, 0.2) is 54.6 Å². The van der Waals surface area contributed by atoms with E-state index >= 15 is 0 Å². The number of carbonyl (C=O) groups is 1. The number of piperidine rings is 1. The number of amides is 1. The van der Waals surface area contributed by atoms with Gasteiger partial charge in [0.05, 0.1) is 6.54 Å². The number of ether oxygens (including phenoxy) is 2. The third-order valence-electron chi connectivity index (χ3n) is 4.73. The van der Waals surface area contributed by atoms with Gasteiger partial charge in [0.1, 0.15) is 24.7 Å². The van der Waals surface area contributed by atoms with Gasteiger partial charge in [-0.1, -0.05) is 31.2 Å². The lowest BCUT2D eigenvalue weighted by Crippen LogP contribution is -2.38. The van der Waals surface area contributed by atoms with Gasteiger partial charge in [-0.15, -0.1) is 0 Å². The summed E-state index contributed by atoms with van der Waals surface area (Å²) in [5.74, 6) is 2.34. The molecule has 0 aromatic heterocycles. The molecule has 1 saturated heterocycles. The molecule has 0 aliphatic carbocycles. The fraction of sp³-hybridized carbons (Fsp3) is 0.409. The lowest BCUT2D eigenvalue weighted by molar-refractivity contribution is -0.117. The first-order valence-corrected chi connectivity index (χ1v) is 9.62. The summed E-state index contributed by atoms with van der Waals surface area (Å²) in [6.07, 6.45) is 2.34. The van der Waals surface area contributed by atoms with E-state index in [4.69, 9.17) is 9.47 Å². The Kier molecular flexibility index (Phi) is 7.11. The second kappa shape index (κ2) is 9.97. The number of benzene rings is 2. The maximum atomic E-state index is 12.3. The van der Waals surface area contributed by atoms with Crippen LogP contribution in [0.25, 0.3) is 0 Å². The zero-order valence-electron chi connectivity index (χ0n) is 15.9. The van der Waals surface area contributed by atoms with Crippen LogP contribution in [0.2, 0.25) is 0 Å². The average molecular weight is 368 g/mol. The molecule has 0 radical (unpaired) electrons. The minimum Gasteiger partial charge on any atom is -0.490 e. The lowest BCUT2D eigenvalue weighted by atomic mass is 9.99. The molecule has 144 valence electrons. The normalized spacial score (nSPS) is 15.3. The standard InChI is InChI=1S/C22H28N2O3/c1-18-10-12-24(13-11-18)17-22(25)23-19-6-5-9-21(16-19)27-15-14-26-20-7-3-2-4-8-20/h2-9,16,18H,10-15,17H2,1H3,(H,23,25). The van der Waals surface area contributed by atoms with E-state index in [1.165, 1.54) is 12.8 Å². The van der Waals surface area contributed by atoms with Crippen molar-refractivity contribution < 1.29 is 14.3 Å². The summed E-state index contributed by atoms with van der Waals surface area (Å²) >= 11 is 0. The summed E-state index contributed by atoms with van der Waals surface area (Å²) < 4.78 is 11.3. The molecule has 1 amide bonds. The number of likely N-dealkylation sites (tertiary alicyclic amines) is 1. The molecule has 1 heterocycles. The van der Waals surface area contributed by atoms with Crippen molar-refractivity contribution in [3.63, 3.8) is 0 Å². The Bertz CT molecular complexity index is 713. The first kappa shape index (κ1) is 19.2. The first-order chi connectivity index (χ1) is 13.2. The van der Waals surface area contributed by atoms with Crippen molar-refractivity contribution in [1.82, 2.24) is 4.90 Å². The second-order valence-corrected chi connectivity index (χ2v) is 7.04. The van der Waals surface area contributed by atoms with Gasteiger partial charge in [-0.25, -0.2) is 0 Å². The minimum atomic E-state index is 0.0223. The minimum absolute atomic E-state index is 0.0223. The molecule has 0 unspecified atom stereocenters. The van der Waals surface area contributed by atoms with Gasteiger partial charge in [0.25, 0.3) is 0 Å². The average Bonchev–Trinajstić information content (AvgIpc) is 2.68. The summed E-state index contributed by atoms with van der Waals surface area (Å²) in [7, 11) is 0. The molecule has 5 heteroatoms. The zero-order valence-corrected chi connectivity index (χ0v) is 15.9. The van der Waals surface area contributed by atoms with Crippen molar-refractivity contribution in [3.05, 3.63) is 54.6 Å². The Morgan fingerprint density at radius 1 is 1.00 bits per heavy atom. The number of nitrogens with zero attached hydrogens (tertiary/aromatic N) is 1. The summed E-state index contributed by atoms with van der Waals surface area (Å²) in [6.45, 7) is 5.63. The van der Waals surface area contributed by atoms with E-state index in [2.05, 4.69) is 17.1 Å². The Hall–Kier alpha value is -2.53. The van der Waals surface area contributed by atoms with E-state index in [1.807, 2.05) is 54.6 Å². The van der Waals surface area contributed by atoms with Gasteiger partial charge in [-0.05, 0) is 56.1 Å². The van der Waals surface area contributed by atoms with Crippen LogP contribution in [-0.2, 0) is 4.79 Å². The molecule has 0 bridgehead atoms. The highest BCUT2D eigenvalue weighted by Crippen LogP contribution is 2.19. The molecule has 1 aliphatic rings. The molecule has 0 spiro atoms. The number of hydrogen-bond acceptors (Lipinski definition) is 4. The van der Waals surface area contributed by atoms with E-state index in [0.717, 1.165) is 36.2 Å². The van der Waals surface area contributed by atoms with E-state index in [-0.39, 0.29) is 5.91 Å². The number of hydrogen-bond donors (Lipinski definition) is 1. The van der Waals surface area contributed by atoms with E-state index in [0.29, 0.717) is 19.8 Å². The zero-order chi connectivity index (χ0) is 18.9. The van der Waals surface area contributed by atoms with Gasteiger partial charge in [-0.2, -0.15) is 0 Å². The Balaban J connectivity index is 1.40. The maximum absolute atomic E-state index is 12.3. The van der Waals surface area contributed by atoms with Gasteiger partial charge in [-0.3, -0.25) is 9.69 Å². The monoisotopic (exact) mass is 368 g/mol. The molecule has 27 heavy (non-hydrogen) atoms. The summed E-state index contributed by atoms with van der Waals surface area (Å²) in [5, 5.41) is 2.97. The van der Waals surface area contributed by atoms with Crippen molar-refractivity contribution in [2.75, 3.05) is 38.2 Å². The Labute approximate surface area is 161 Å². The predicted molar refractivity (Wildman–Crippen MR) is 107 cm³/mol. The molecule has 5 nitrogen and oxygen atoms in total. The van der Waals surface area contributed by atoms with Crippen LogP contribution in [0.5, 0.6) is 11.5 Å². The fourth-order valence-corrected chi connectivity index (χ4v) is 3.12. The second-order valence-electron chi connectivity index (χ2n) is 7.04. The topological polar surface area (TPSA) is 50.8 Å². The van der Waals surface area contributed by atoms with Gasteiger partial charge in [0.15, 0.2) is 0 Å². The molecule has 2 aromatic rings. The highest BCUT2D eigenvalue weighted by atomic mass is 16.5. The third-order valence-corrected chi connectivity index (χ3v) is 4.73. The fourth-order valence-electron chi connectivity index (χ4n) is 3.12. The summed E-state index contributed by atoms with van der Waals surface area (Å²) in [5.41, 5.74) is 0.756. The third kappa shape index (κ3) is 6.61. The Morgan fingerprint density at radius 3 is 2.41 bits per heavy atom. The number of carbonyl (C=O) groups excluding carboxylic acids is 1. The van der Waals surface area contributed by atoms with E-state index in [1.54, 1.807) is 0 Å². The quantitative estimate of drug-likeness (QED) is 0.720. The van der Waals surface area contributed by atoms with Crippen molar-refractivity contribution >= 4 is 11.6 Å².